The SMILES string of the molecule is CC(C)c1ncc(C(=O)NCC(O)Cc2ccccc2)s1. The molecular weight excluding hydrogens is 284 g/mol. The highest BCUT2D eigenvalue weighted by molar-refractivity contribution is 7.13. The summed E-state index contributed by atoms with van der Waals surface area (Å²) in [6.45, 7) is 4.33. The summed E-state index contributed by atoms with van der Waals surface area (Å²) in [6.07, 6.45) is 1.54. The number of rotatable bonds is 6. The topological polar surface area (TPSA) is 62.2 Å². The Morgan fingerprint density at radius 1 is 1.33 bits per heavy atom. The van der Waals surface area contributed by atoms with Crippen LogP contribution in [-0.4, -0.2) is 28.6 Å². The van der Waals surface area contributed by atoms with Gasteiger partial charge in [0, 0.05) is 18.9 Å². The van der Waals surface area contributed by atoms with Crippen LogP contribution in [0, 0.1) is 0 Å². The molecule has 1 aromatic heterocycles. The molecule has 0 aliphatic heterocycles. The number of nitrogens with zero attached hydrogens (tertiary/aromatic N) is 1. The zero-order valence-corrected chi connectivity index (χ0v) is 13.1. The van der Waals surface area contributed by atoms with E-state index in [1.165, 1.54) is 11.3 Å². The van der Waals surface area contributed by atoms with Crippen LogP contribution in [-0.2, 0) is 6.42 Å². The van der Waals surface area contributed by atoms with Gasteiger partial charge in [-0.05, 0) is 5.56 Å². The summed E-state index contributed by atoms with van der Waals surface area (Å²) in [5.74, 6) is 0.145. The van der Waals surface area contributed by atoms with Crippen molar-refractivity contribution in [1.29, 1.82) is 0 Å². The number of aliphatic hydroxyl groups excluding tert-OH is 1. The number of carbonyl (C=O) groups excluding carboxylic acids is 1. The number of thiazole rings is 1. The Morgan fingerprint density at radius 3 is 2.67 bits per heavy atom. The molecule has 2 rings (SSSR count). The quantitative estimate of drug-likeness (QED) is 0.862. The van der Waals surface area contributed by atoms with Gasteiger partial charge in [-0.2, -0.15) is 0 Å². The predicted octanol–water partition coefficient (Wildman–Crippen LogP) is 2.60. The van der Waals surface area contributed by atoms with E-state index in [2.05, 4.69) is 10.3 Å². The largest absolute Gasteiger partial charge is 0.391 e. The summed E-state index contributed by atoms with van der Waals surface area (Å²) in [4.78, 5) is 16.8. The van der Waals surface area contributed by atoms with Crippen LogP contribution in [0.25, 0.3) is 0 Å². The minimum atomic E-state index is -0.589. The third-order valence-corrected chi connectivity index (χ3v) is 4.35. The Morgan fingerprint density at radius 2 is 2.05 bits per heavy atom. The number of hydrogen-bond donors (Lipinski definition) is 2. The highest BCUT2D eigenvalue weighted by Crippen LogP contribution is 2.20. The van der Waals surface area contributed by atoms with E-state index < -0.39 is 6.10 Å². The van der Waals surface area contributed by atoms with E-state index in [1.807, 2.05) is 44.2 Å². The average molecular weight is 304 g/mol. The summed E-state index contributed by atoms with van der Waals surface area (Å²) in [5, 5.41) is 13.7. The van der Waals surface area contributed by atoms with E-state index in [9.17, 15) is 9.90 Å². The first-order valence-electron chi connectivity index (χ1n) is 7.02. The monoisotopic (exact) mass is 304 g/mol. The van der Waals surface area contributed by atoms with Crippen molar-refractivity contribution in [3.05, 3.63) is 52.0 Å². The van der Waals surface area contributed by atoms with Crippen molar-refractivity contribution in [2.45, 2.75) is 32.3 Å². The van der Waals surface area contributed by atoms with Crippen LogP contribution in [0.4, 0.5) is 0 Å². The lowest BCUT2D eigenvalue weighted by atomic mass is 10.1. The molecule has 0 aliphatic rings. The number of amides is 1. The molecule has 2 N–H and O–H groups in total. The van der Waals surface area contributed by atoms with Crippen LogP contribution in [0.5, 0.6) is 0 Å². The van der Waals surface area contributed by atoms with Crippen LogP contribution in [0.15, 0.2) is 36.5 Å². The van der Waals surface area contributed by atoms with Gasteiger partial charge < -0.3 is 10.4 Å². The maximum atomic E-state index is 12.0. The summed E-state index contributed by atoms with van der Waals surface area (Å²) < 4.78 is 0. The average Bonchev–Trinajstić information content (AvgIpc) is 2.96. The number of carbonyl (C=O) groups is 1. The molecule has 1 heterocycles. The molecule has 1 aromatic carbocycles. The third kappa shape index (κ3) is 4.65. The number of nitrogens with one attached hydrogen (secondary N) is 1. The van der Waals surface area contributed by atoms with Gasteiger partial charge in [-0.25, -0.2) is 4.98 Å². The zero-order valence-electron chi connectivity index (χ0n) is 12.2. The summed E-state index contributed by atoms with van der Waals surface area (Å²) >= 11 is 1.40. The first-order chi connectivity index (χ1) is 10.1. The zero-order chi connectivity index (χ0) is 15.2. The van der Waals surface area contributed by atoms with Gasteiger partial charge in [0.15, 0.2) is 0 Å². The normalized spacial score (nSPS) is 12.4. The van der Waals surface area contributed by atoms with E-state index in [0.29, 0.717) is 17.2 Å². The number of aliphatic hydroxyl groups is 1. The Labute approximate surface area is 128 Å². The van der Waals surface area contributed by atoms with E-state index >= 15 is 0 Å². The van der Waals surface area contributed by atoms with Crippen molar-refractivity contribution in [1.82, 2.24) is 10.3 Å². The van der Waals surface area contributed by atoms with Crippen molar-refractivity contribution < 1.29 is 9.90 Å². The second-order valence-electron chi connectivity index (χ2n) is 5.27. The molecule has 0 saturated heterocycles. The van der Waals surface area contributed by atoms with Gasteiger partial charge >= 0.3 is 0 Å². The molecule has 2 aromatic rings. The Balaban J connectivity index is 1.83. The molecule has 0 spiro atoms. The van der Waals surface area contributed by atoms with Gasteiger partial charge in [0.1, 0.15) is 4.88 Å². The third-order valence-electron chi connectivity index (χ3n) is 3.05. The van der Waals surface area contributed by atoms with Crippen molar-refractivity contribution in [3.63, 3.8) is 0 Å². The maximum absolute atomic E-state index is 12.0. The highest BCUT2D eigenvalue weighted by Gasteiger charge is 2.13. The Bertz CT molecular complexity index is 581. The van der Waals surface area contributed by atoms with Crippen LogP contribution < -0.4 is 5.32 Å². The van der Waals surface area contributed by atoms with Crippen LogP contribution in [0.2, 0.25) is 0 Å². The first-order valence-corrected chi connectivity index (χ1v) is 7.84. The lowest BCUT2D eigenvalue weighted by Gasteiger charge is -2.11. The fourth-order valence-corrected chi connectivity index (χ4v) is 2.75. The molecule has 4 nitrogen and oxygen atoms in total. The molecular formula is C16H20N2O2S. The molecule has 21 heavy (non-hydrogen) atoms. The first kappa shape index (κ1) is 15.7. The van der Waals surface area contributed by atoms with Crippen molar-refractivity contribution >= 4 is 17.2 Å². The molecule has 1 amide bonds. The van der Waals surface area contributed by atoms with Gasteiger partial charge in [0.25, 0.3) is 5.91 Å². The second kappa shape index (κ2) is 7.33. The molecule has 0 radical (unpaired) electrons. The molecule has 0 saturated carbocycles. The molecule has 112 valence electrons. The van der Waals surface area contributed by atoms with Crippen molar-refractivity contribution in [2.75, 3.05) is 6.54 Å². The lowest BCUT2D eigenvalue weighted by molar-refractivity contribution is 0.0919. The standard InChI is InChI=1S/C16H20N2O2S/c1-11(2)16-18-10-14(21-16)15(20)17-9-13(19)8-12-6-4-3-5-7-12/h3-7,10-11,13,19H,8-9H2,1-2H3,(H,17,20). The van der Waals surface area contributed by atoms with Crippen molar-refractivity contribution in [3.8, 4) is 0 Å². The van der Waals surface area contributed by atoms with E-state index in [0.717, 1.165) is 10.6 Å². The van der Waals surface area contributed by atoms with Crippen LogP contribution in [0.3, 0.4) is 0 Å². The minimum absolute atomic E-state index is 0.175. The summed E-state index contributed by atoms with van der Waals surface area (Å²) in [6, 6.07) is 9.73. The second-order valence-corrected chi connectivity index (χ2v) is 6.33. The predicted molar refractivity (Wildman–Crippen MR) is 84.7 cm³/mol. The highest BCUT2D eigenvalue weighted by atomic mass is 32.1. The Hall–Kier alpha value is -1.72. The smallest absolute Gasteiger partial charge is 0.263 e. The number of benzene rings is 1. The molecule has 0 bridgehead atoms. The van der Waals surface area contributed by atoms with Gasteiger partial charge in [0.05, 0.1) is 17.3 Å². The van der Waals surface area contributed by atoms with Crippen LogP contribution in [0.1, 0.15) is 40.0 Å². The van der Waals surface area contributed by atoms with E-state index in [4.69, 9.17) is 0 Å². The lowest BCUT2D eigenvalue weighted by Crippen LogP contribution is -2.32. The van der Waals surface area contributed by atoms with Crippen molar-refractivity contribution in [2.24, 2.45) is 0 Å². The summed E-state index contributed by atoms with van der Waals surface area (Å²) in [5.41, 5.74) is 1.05. The number of hydrogen-bond acceptors (Lipinski definition) is 4. The van der Waals surface area contributed by atoms with Gasteiger partial charge in [-0.3, -0.25) is 4.79 Å². The maximum Gasteiger partial charge on any atom is 0.263 e. The fourth-order valence-electron chi connectivity index (χ4n) is 1.92. The fraction of sp³-hybridized carbons (Fsp3) is 0.375. The minimum Gasteiger partial charge on any atom is -0.391 e. The molecule has 0 fully saturated rings. The van der Waals surface area contributed by atoms with Gasteiger partial charge in [-0.1, -0.05) is 44.2 Å². The number of aromatic nitrogens is 1. The Kier molecular flexibility index (Phi) is 5.47. The van der Waals surface area contributed by atoms with Gasteiger partial charge in [0.2, 0.25) is 0 Å². The molecule has 0 aliphatic carbocycles. The van der Waals surface area contributed by atoms with E-state index in [1.54, 1.807) is 6.20 Å². The van der Waals surface area contributed by atoms with Gasteiger partial charge in [-0.15, -0.1) is 11.3 Å². The van der Waals surface area contributed by atoms with Crippen LogP contribution >= 0.6 is 11.3 Å². The molecule has 1 unspecified atom stereocenters. The van der Waals surface area contributed by atoms with E-state index in [-0.39, 0.29) is 12.5 Å². The molecule has 5 heteroatoms. The summed E-state index contributed by atoms with van der Waals surface area (Å²) in [7, 11) is 0. The molecule has 1 atom stereocenters.